The maximum Gasteiger partial charge on any atom is 0.236 e. The molecule has 14 heteroatoms. The zero-order valence-electron chi connectivity index (χ0n) is 19.8. The average Bonchev–Trinajstić information content (AvgIpc) is 3.51. The van der Waals surface area contributed by atoms with Crippen molar-refractivity contribution in [2.75, 3.05) is 16.0 Å². The lowest BCUT2D eigenvalue weighted by molar-refractivity contribution is -0.116. The van der Waals surface area contributed by atoms with Crippen LogP contribution < -0.4 is 16.0 Å². The number of nitrogens with one attached hydrogen (secondary N) is 1. The molecule has 0 saturated carbocycles. The van der Waals surface area contributed by atoms with E-state index in [4.69, 9.17) is 10.3 Å². The lowest BCUT2D eigenvalue weighted by Gasteiger charge is -2.38. The number of carbonyl (C=O) groups is 2. The molecule has 1 amide bonds. The number of halogens is 2. The molecule has 194 valence electrons. The number of thioether (sulfide) groups is 1. The summed E-state index contributed by atoms with van der Waals surface area (Å²) in [7, 11) is 0. The van der Waals surface area contributed by atoms with E-state index in [9.17, 15) is 14.9 Å². The van der Waals surface area contributed by atoms with Crippen molar-refractivity contribution in [3.8, 4) is 6.07 Å². The Balaban J connectivity index is 1.45. The molecule has 1 aliphatic heterocycles. The molecule has 2 aromatic heterocycles. The van der Waals surface area contributed by atoms with Crippen LogP contribution in [0.1, 0.15) is 36.5 Å². The number of hydrogen-bond acceptors (Lipinski definition) is 11. The fourth-order valence-electron chi connectivity index (χ4n) is 4.43. The number of allylic oxidation sites excluding steroid dienone is 3. The highest BCUT2D eigenvalue weighted by atomic mass is 79.9. The van der Waals surface area contributed by atoms with Crippen LogP contribution in [0.25, 0.3) is 0 Å². The minimum Gasteiger partial charge on any atom is -0.384 e. The van der Waals surface area contributed by atoms with Gasteiger partial charge in [0, 0.05) is 33.8 Å². The summed E-state index contributed by atoms with van der Waals surface area (Å²) in [5, 5.41) is 25.2. The number of aromatic nitrogens is 3. The van der Waals surface area contributed by atoms with Gasteiger partial charge in [0.25, 0.3) is 0 Å². The van der Waals surface area contributed by atoms with Crippen LogP contribution in [-0.2, 0) is 9.59 Å². The highest BCUT2D eigenvalue weighted by Crippen LogP contribution is 2.47. The summed E-state index contributed by atoms with van der Waals surface area (Å²) in [5.74, 6) is -0.915. The van der Waals surface area contributed by atoms with E-state index in [1.807, 2.05) is 0 Å². The molecular formula is C24H19BrFN7O3S2. The van der Waals surface area contributed by atoms with Gasteiger partial charge in [-0.2, -0.15) is 5.26 Å². The number of amides is 1. The number of aryl methyl sites for hydroxylation is 1. The van der Waals surface area contributed by atoms with Crippen LogP contribution in [-0.4, -0.2) is 32.8 Å². The highest BCUT2D eigenvalue weighted by molar-refractivity contribution is 9.10. The molecular weight excluding hydrogens is 597 g/mol. The molecule has 0 spiro atoms. The number of benzene rings is 1. The molecule has 1 aliphatic carbocycles. The Labute approximate surface area is 232 Å². The number of nitriles is 1. The first-order chi connectivity index (χ1) is 18.3. The van der Waals surface area contributed by atoms with Crippen molar-refractivity contribution in [1.29, 1.82) is 5.26 Å². The molecule has 1 unspecified atom stereocenters. The van der Waals surface area contributed by atoms with Crippen molar-refractivity contribution in [2.45, 2.75) is 36.4 Å². The number of anilines is 2. The molecule has 3 N–H and O–H groups in total. The molecule has 1 aromatic carbocycles. The normalized spacial score (nSPS) is 17.5. The minimum atomic E-state index is -0.919. The van der Waals surface area contributed by atoms with Gasteiger partial charge in [-0.15, -0.1) is 10.2 Å². The Hall–Kier alpha value is -3.54. The topological polar surface area (TPSA) is 151 Å². The average molecular weight is 616 g/mol. The third-order valence-corrected chi connectivity index (χ3v) is 8.53. The zero-order chi connectivity index (χ0) is 27.0. The van der Waals surface area contributed by atoms with Gasteiger partial charge in [0.05, 0.1) is 23.3 Å². The quantitative estimate of drug-likeness (QED) is 0.371. The summed E-state index contributed by atoms with van der Waals surface area (Å²) in [5.41, 5.74) is 7.69. The van der Waals surface area contributed by atoms with E-state index in [-0.39, 0.29) is 40.8 Å². The predicted molar refractivity (Wildman–Crippen MR) is 143 cm³/mol. The van der Waals surface area contributed by atoms with Crippen molar-refractivity contribution >= 4 is 61.7 Å². The lowest BCUT2D eigenvalue weighted by atomic mass is 9.75. The van der Waals surface area contributed by atoms with E-state index in [0.717, 1.165) is 0 Å². The largest absolute Gasteiger partial charge is 0.384 e. The van der Waals surface area contributed by atoms with E-state index >= 15 is 4.39 Å². The smallest absolute Gasteiger partial charge is 0.236 e. The summed E-state index contributed by atoms with van der Waals surface area (Å²) in [6, 6.07) is 8.23. The monoisotopic (exact) mass is 615 g/mol. The van der Waals surface area contributed by atoms with Crippen LogP contribution >= 0.6 is 39.0 Å². The summed E-state index contributed by atoms with van der Waals surface area (Å²) in [6.07, 6.45) is 1.37. The van der Waals surface area contributed by atoms with Crippen LogP contribution in [0.5, 0.6) is 0 Å². The summed E-state index contributed by atoms with van der Waals surface area (Å²) >= 11 is 5.59. The lowest BCUT2D eigenvalue weighted by Crippen LogP contribution is -2.38. The number of carbonyl (C=O) groups excluding carboxylic acids is 2. The van der Waals surface area contributed by atoms with Gasteiger partial charge in [0.15, 0.2) is 15.9 Å². The first kappa shape index (κ1) is 26.1. The van der Waals surface area contributed by atoms with Gasteiger partial charge in [0.1, 0.15) is 17.4 Å². The van der Waals surface area contributed by atoms with Gasteiger partial charge in [-0.1, -0.05) is 50.3 Å². The van der Waals surface area contributed by atoms with E-state index < -0.39 is 11.7 Å². The Morgan fingerprint density at radius 2 is 2.21 bits per heavy atom. The minimum absolute atomic E-state index is 0.0483. The highest BCUT2D eigenvalue weighted by Gasteiger charge is 2.42. The molecule has 38 heavy (non-hydrogen) atoms. The van der Waals surface area contributed by atoms with Gasteiger partial charge in [-0.05, 0) is 31.9 Å². The molecule has 1 atom stereocenters. The number of nitrogens with two attached hydrogens (primary N) is 1. The second kappa shape index (κ2) is 10.7. The molecule has 0 radical (unpaired) electrons. The Morgan fingerprint density at radius 3 is 2.92 bits per heavy atom. The Kier molecular flexibility index (Phi) is 7.33. The molecule has 0 bridgehead atoms. The molecule has 3 heterocycles. The fourth-order valence-corrected chi connectivity index (χ4v) is 6.45. The van der Waals surface area contributed by atoms with Crippen LogP contribution in [0.4, 0.5) is 15.3 Å². The van der Waals surface area contributed by atoms with Gasteiger partial charge in [0.2, 0.25) is 11.0 Å². The molecule has 10 nitrogen and oxygen atoms in total. The van der Waals surface area contributed by atoms with Crippen molar-refractivity contribution in [1.82, 2.24) is 15.4 Å². The van der Waals surface area contributed by atoms with Gasteiger partial charge in [-0.25, -0.2) is 4.39 Å². The molecule has 3 aromatic rings. The predicted octanol–water partition coefficient (Wildman–Crippen LogP) is 4.77. The standard InChI is InChI=1S/C24H19BrFN7O3S2/c1-11-7-18(32-36-11)29-19(35)10-37-24-31-30-23(38-24)33-16-3-2-4-17(34)21(16)20(14(9-27)22(33)28)13-6-5-12(25)8-15(13)26/h5-8,20H,2-4,10,28H2,1H3,(H,29,32,35). The van der Waals surface area contributed by atoms with Crippen LogP contribution in [0.15, 0.2) is 60.3 Å². The van der Waals surface area contributed by atoms with Crippen molar-refractivity contribution in [3.05, 3.63) is 68.5 Å². The van der Waals surface area contributed by atoms with Gasteiger partial charge >= 0.3 is 0 Å². The van der Waals surface area contributed by atoms with E-state index in [1.54, 1.807) is 30.0 Å². The Bertz CT molecular complexity index is 1560. The SMILES string of the molecule is Cc1cc(NC(=O)CSc2nnc(N3C(N)=C(C#N)C(c4ccc(Br)cc4F)C4=C3CCCC4=O)s2)no1. The van der Waals surface area contributed by atoms with Gasteiger partial charge < -0.3 is 15.6 Å². The van der Waals surface area contributed by atoms with E-state index in [1.165, 1.54) is 29.2 Å². The fraction of sp³-hybridized carbons (Fsp3) is 0.250. The van der Waals surface area contributed by atoms with Crippen LogP contribution in [0.2, 0.25) is 0 Å². The van der Waals surface area contributed by atoms with Crippen molar-refractivity contribution in [3.63, 3.8) is 0 Å². The number of rotatable bonds is 6. The third kappa shape index (κ3) is 4.96. The number of ketones is 1. The van der Waals surface area contributed by atoms with E-state index in [2.05, 4.69) is 42.7 Å². The second-order valence-electron chi connectivity index (χ2n) is 8.49. The number of nitrogens with zero attached hydrogens (tertiary/aromatic N) is 5. The Morgan fingerprint density at radius 1 is 1.39 bits per heavy atom. The van der Waals surface area contributed by atoms with Crippen LogP contribution in [0.3, 0.4) is 0 Å². The van der Waals surface area contributed by atoms with Crippen molar-refractivity contribution in [2.24, 2.45) is 5.73 Å². The number of hydrogen-bond donors (Lipinski definition) is 2. The molecule has 0 saturated heterocycles. The maximum absolute atomic E-state index is 15.1. The molecule has 0 fully saturated rings. The van der Waals surface area contributed by atoms with E-state index in [0.29, 0.717) is 49.6 Å². The molecule has 2 aliphatic rings. The molecule has 5 rings (SSSR count). The summed E-state index contributed by atoms with van der Waals surface area (Å²) < 4.78 is 21.0. The number of Topliss-reactive ketones (excluding diaryl/α,β-unsaturated/α-hetero) is 1. The first-order valence-corrected chi connectivity index (χ1v) is 14.0. The summed E-state index contributed by atoms with van der Waals surface area (Å²) in [4.78, 5) is 27.0. The van der Waals surface area contributed by atoms with Crippen molar-refractivity contribution < 1.29 is 18.5 Å². The maximum atomic E-state index is 15.1. The summed E-state index contributed by atoms with van der Waals surface area (Å²) in [6.45, 7) is 1.72. The van der Waals surface area contributed by atoms with Gasteiger partial charge in [-0.3, -0.25) is 14.5 Å². The zero-order valence-corrected chi connectivity index (χ0v) is 23.0. The van der Waals surface area contributed by atoms with Crippen LogP contribution in [0, 0.1) is 24.1 Å². The third-order valence-electron chi connectivity index (χ3n) is 6.00. The first-order valence-electron chi connectivity index (χ1n) is 11.4. The second-order valence-corrected chi connectivity index (χ2v) is 11.6.